The minimum Gasteiger partial charge on any atom is -0.336 e. The van der Waals surface area contributed by atoms with E-state index in [1.54, 1.807) is 6.20 Å². The maximum atomic E-state index is 13.0. The lowest BCUT2D eigenvalue weighted by Gasteiger charge is -2.35. The van der Waals surface area contributed by atoms with Gasteiger partial charge in [-0.15, -0.1) is 0 Å². The molecule has 1 aliphatic rings. The van der Waals surface area contributed by atoms with Gasteiger partial charge in [-0.05, 0) is 51.3 Å². The van der Waals surface area contributed by atoms with E-state index in [1.807, 2.05) is 58.2 Å². The lowest BCUT2D eigenvalue weighted by molar-refractivity contribution is 0.0628. The number of hydrogen-bond acceptors (Lipinski definition) is 3. The van der Waals surface area contributed by atoms with Gasteiger partial charge in [0.1, 0.15) is 0 Å². The first-order valence-corrected chi connectivity index (χ1v) is 11.3. The summed E-state index contributed by atoms with van der Waals surface area (Å²) in [5.41, 5.74) is 2.90. The summed E-state index contributed by atoms with van der Waals surface area (Å²) < 4.78 is 2.78. The molecule has 5 nitrogen and oxygen atoms in total. The van der Waals surface area contributed by atoms with E-state index in [2.05, 4.69) is 25.9 Å². The average Bonchev–Trinajstić information content (AvgIpc) is 3.15. The van der Waals surface area contributed by atoms with Gasteiger partial charge in [0.25, 0.3) is 5.91 Å². The van der Waals surface area contributed by atoms with Gasteiger partial charge < -0.3 is 4.90 Å². The molecule has 0 unspecified atom stereocenters. The minimum absolute atomic E-state index is 0.0766. The predicted octanol–water partition coefficient (Wildman–Crippen LogP) is 4.96. The molecule has 0 aliphatic carbocycles. The van der Waals surface area contributed by atoms with E-state index in [1.165, 1.54) is 0 Å². The number of aromatic nitrogens is 2. The maximum absolute atomic E-state index is 13.0. The standard InChI is InChI=1S/C22H21BrCl2N4O/c23-19-12-26-29(15-19)14-16-2-1-3-18(10-16)22(30)28-8-6-27(7-9-28)13-17-4-5-20(24)21(25)11-17/h1-5,10-12,15H,6-9,13-14H2. The summed E-state index contributed by atoms with van der Waals surface area (Å²) in [6.07, 6.45) is 3.67. The molecule has 1 aromatic heterocycles. The molecule has 1 amide bonds. The second-order valence-corrected chi connectivity index (χ2v) is 9.10. The number of piperazine rings is 1. The molecule has 156 valence electrons. The molecule has 0 N–H and O–H groups in total. The number of carbonyl (C=O) groups is 1. The van der Waals surface area contributed by atoms with Gasteiger partial charge in [-0.2, -0.15) is 5.10 Å². The van der Waals surface area contributed by atoms with Crippen molar-refractivity contribution in [3.8, 4) is 0 Å². The molecular weight excluding hydrogens is 487 g/mol. The molecule has 1 saturated heterocycles. The molecule has 8 heteroatoms. The summed E-state index contributed by atoms with van der Waals surface area (Å²) in [4.78, 5) is 17.3. The van der Waals surface area contributed by atoms with E-state index in [4.69, 9.17) is 23.2 Å². The van der Waals surface area contributed by atoms with Gasteiger partial charge in [0, 0.05) is 44.5 Å². The van der Waals surface area contributed by atoms with Gasteiger partial charge in [0.15, 0.2) is 0 Å². The Kier molecular flexibility index (Phi) is 6.78. The highest BCUT2D eigenvalue weighted by Crippen LogP contribution is 2.23. The monoisotopic (exact) mass is 506 g/mol. The van der Waals surface area contributed by atoms with Crippen LogP contribution in [0.3, 0.4) is 0 Å². The molecule has 1 fully saturated rings. The second-order valence-electron chi connectivity index (χ2n) is 7.37. The van der Waals surface area contributed by atoms with Gasteiger partial charge in [0.2, 0.25) is 0 Å². The van der Waals surface area contributed by atoms with Crippen LogP contribution < -0.4 is 0 Å². The van der Waals surface area contributed by atoms with Crippen LogP contribution in [0.2, 0.25) is 10.0 Å². The number of rotatable bonds is 5. The summed E-state index contributed by atoms with van der Waals surface area (Å²) in [5.74, 6) is 0.0766. The SMILES string of the molecule is O=C(c1cccc(Cn2cc(Br)cn2)c1)N1CCN(Cc2ccc(Cl)c(Cl)c2)CC1. The van der Waals surface area contributed by atoms with Crippen LogP contribution in [0.25, 0.3) is 0 Å². The van der Waals surface area contributed by atoms with Crippen LogP contribution in [0, 0.1) is 0 Å². The van der Waals surface area contributed by atoms with Crippen molar-refractivity contribution in [1.82, 2.24) is 19.6 Å². The third-order valence-electron chi connectivity index (χ3n) is 5.17. The van der Waals surface area contributed by atoms with E-state index in [0.717, 1.165) is 40.8 Å². The molecular formula is C22H21BrCl2N4O. The van der Waals surface area contributed by atoms with Crippen molar-refractivity contribution in [2.45, 2.75) is 13.1 Å². The first-order valence-electron chi connectivity index (χ1n) is 9.70. The zero-order chi connectivity index (χ0) is 21.1. The van der Waals surface area contributed by atoms with Crippen LogP contribution in [-0.4, -0.2) is 51.7 Å². The quantitative estimate of drug-likeness (QED) is 0.490. The fourth-order valence-electron chi connectivity index (χ4n) is 3.60. The number of hydrogen-bond donors (Lipinski definition) is 0. The fraction of sp³-hybridized carbons (Fsp3) is 0.273. The van der Waals surface area contributed by atoms with Crippen molar-refractivity contribution < 1.29 is 4.79 Å². The lowest BCUT2D eigenvalue weighted by Crippen LogP contribution is -2.48. The van der Waals surface area contributed by atoms with Crippen LogP contribution >= 0.6 is 39.1 Å². The van der Waals surface area contributed by atoms with Gasteiger partial charge in [-0.25, -0.2) is 0 Å². The Morgan fingerprint density at radius 2 is 1.73 bits per heavy atom. The molecule has 0 radical (unpaired) electrons. The van der Waals surface area contributed by atoms with Crippen molar-refractivity contribution >= 4 is 45.0 Å². The second kappa shape index (κ2) is 9.52. The first kappa shape index (κ1) is 21.4. The van der Waals surface area contributed by atoms with Crippen LogP contribution in [0.15, 0.2) is 59.3 Å². The van der Waals surface area contributed by atoms with Crippen molar-refractivity contribution in [2.75, 3.05) is 26.2 Å². The third-order valence-corrected chi connectivity index (χ3v) is 6.32. The Morgan fingerprint density at radius 1 is 0.967 bits per heavy atom. The molecule has 3 aromatic rings. The van der Waals surface area contributed by atoms with Gasteiger partial charge >= 0.3 is 0 Å². The normalized spacial score (nSPS) is 14.8. The molecule has 1 aliphatic heterocycles. The minimum atomic E-state index is 0.0766. The Labute approximate surface area is 194 Å². The van der Waals surface area contributed by atoms with E-state index >= 15 is 0 Å². The van der Waals surface area contributed by atoms with Crippen LogP contribution in [0.1, 0.15) is 21.5 Å². The fourth-order valence-corrected chi connectivity index (χ4v) is 4.25. The van der Waals surface area contributed by atoms with Crippen LogP contribution in [-0.2, 0) is 13.1 Å². The van der Waals surface area contributed by atoms with Crippen molar-refractivity contribution in [2.24, 2.45) is 0 Å². The van der Waals surface area contributed by atoms with E-state index in [0.29, 0.717) is 29.7 Å². The molecule has 0 saturated carbocycles. The molecule has 0 atom stereocenters. The molecule has 2 aromatic carbocycles. The maximum Gasteiger partial charge on any atom is 0.253 e. The van der Waals surface area contributed by atoms with Crippen LogP contribution in [0.4, 0.5) is 0 Å². The summed E-state index contributed by atoms with van der Waals surface area (Å²) in [6, 6.07) is 13.5. The highest BCUT2D eigenvalue weighted by Gasteiger charge is 2.22. The molecule has 0 bridgehead atoms. The molecule has 2 heterocycles. The largest absolute Gasteiger partial charge is 0.336 e. The molecule has 0 spiro atoms. The number of halogens is 3. The summed E-state index contributed by atoms with van der Waals surface area (Å²) >= 11 is 15.5. The van der Waals surface area contributed by atoms with Gasteiger partial charge in [-0.3, -0.25) is 14.4 Å². The van der Waals surface area contributed by atoms with E-state index in [9.17, 15) is 4.79 Å². The smallest absolute Gasteiger partial charge is 0.253 e. The number of nitrogens with zero attached hydrogens (tertiary/aromatic N) is 4. The highest BCUT2D eigenvalue weighted by molar-refractivity contribution is 9.10. The summed E-state index contributed by atoms with van der Waals surface area (Å²) in [5, 5.41) is 5.42. The Balaban J connectivity index is 1.34. The average molecular weight is 508 g/mol. The summed E-state index contributed by atoms with van der Waals surface area (Å²) in [7, 11) is 0. The van der Waals surface area contributed by atoms with Crippen LogP contribution in [0.5, 0.6) is 0 Å². The Morgan fingerprint density at radius 3 is 2.43 bits per heavy atom. The Bertz CT molecular complexity index is 1050. The molecule has 4 rings (SSSR count). The number of benzene rings is 2. The highest BCUT2D eigenvalue weighted by atomic mass is 79.9. The lowest BCUT2D eigenvalue weighted by atomic mass is 10.1. The third kappa shape index (κ3) is 5.24. The number of carbonyl (C=O) groups excluding carboxylic acids is 1. The van der Waals surface area contributed by atoms with Crippen molar-refractivity contribution in [3.63, 3.8) is 0 Å². The Hall–Kier alpha value is -1.86. The topological polar surface area (TPSA) is 41.4 Å². The zero-order valence-electron chi connectivity index (χ0n) is 16.3. The van der Waals surface area contributed by atoms with E-state index in [-0.39, 0.29) is 5.91 Å². The predicted molar refractivity (Wildman–Crippen MR) is 123 cm³/mol. The van der Waals surface area contributed by atoms with Crippen molar-refractivity contribution in [3.05, 3.63) is 86.1 Å². The summed E-state index contributed by atoms with van der Waals surface area (Å²) in [6.45, 7) is 4.49. The van der Waals surface area contributed by atoms with Crippen molar-refractivity contribution in [1.29, 1.82) is 0 Å². The first-order chi connectivity index (χ1) is 14.5. The zero-order valence-corrected chi connectivity index (χ0v) is 19.4. The van der Waals surface area contributed by atoms with E-state index < -0.39 is 0 Å². The number of amides is 1. The van der Waals surface area contributed by atoms with Gasteiger partial charge in [0.05, 0.1) is 27.3 Å². The molecule has 30 heavy (non-hydrogen) atoms. The van der Waals surface area contributed by atoms with Gasteiger partial charge in [-0.1, -0.05) is 41.4 Å².